The standard InChI is InChI=1S/C25H31BrFN3O2/c26-17-12-20-23(21(27)13-17)29-22(15-4-2-1-3-5-15)19-7-6-18(32-24(19)20)14-30-10-8-16(9-11-30)25(28)31/h1-4,12-13,15-16,18-19,22,24,29H,5-11,14H2,(H2,28,31)/t15?,18-,19+,22+,24+/m1/s1. The Labute approximate surface area is 197 Å². The third kappa shape index (κ3) is 4.39. The fourth-order valence-electron chi connectivity index (χ4n) is 5.93. The molecular weight excluding hydrogens is 473 g/mol. The summed E-state index contributed by atoms with van der Waals surface area (Å²) in [5.74, 6) is 0.217. The molecule has 7 heteroatoms. The number of anilines is 1. The molecule has 2 fully saturated rings. The van der Waals surface area contributed by atoms with Crippen LogP contribution in [0.2, 0.25) is 0 Å². The van der Waals surface area contributed by atoms with Crippen LogP contribution in [-0.4, -0.2) is 42.6 Å². The van der Waals surface area contributed by atoms with Gasteiger partial charge in [0.05, 0.1) is 17.9 Å². The maximum absolute atomic E-state index is 15.0. The Morgan fingerprint density at radius 3 is 2.75 bits per heavy atom. The van der Waals surface area contributed by atoms with Gasteiger partial charge in [-0.2, -0.15) is 0 Å². The maximum atomic E-state index is 15.0. The zero-order valence-electron chi connectivity index (χ0n) is 18.2. The molecule has 1 unspecified atom stereocenters. The third-order valence-corrected chi connectivity index (χ3v) is 8.10. The Morgan fingerprint density at radius 1 is 1.22 bits per heavy atom. The summed E-state index contributed by atoms with van der Waals surface area (Å²) in [5, 5.41) is 3.56. The zero-order chi connectivity index (χ0) is 22.2. The number of nitrogens with zero attached hydrogens (tertiary/aromatic N) is 1. The number of amides is 1. The van der Waals surface area contributed by atoms with Gasteiger partial charge in [-0.15, -0.1) is 0 Å². The fraction of sp³-hybridized carbons (Fsp3) is 0.560. The Hall–Kier alpha value is -1.70. The molecule has 1 aliphatic carbocycles. The summed E-state index contributed by atoms with van der Waals surface area (Å²) < 4.78 is 22.4. The molecule has 0 bridgehead atoms. The lowest BCUT2D eigenvalue weighted by Crippen LogP contribution is -2.49. The highest BCUT2D eigenvalue weighted by molar-refractivity contribution is 9.10. The van der Waals surface area contributed by atoms with Crippen molar-refractivity contribution in [1.29, 1.82) is 0 Å². The summed E-state index contributed by atoms with van der Waals surface area (Å²) in [7, 11) is 0. The number of carbonyl (C=O) groups is 1. The van der Waals surface area contributed by atoms with Crippen LogP contribution in [0.25, 0.3) is 0 Å². The minimum atomic E-state index is -0.229. The van der Waals surface area contributed by atoms with E-state index >= 15 is 0 Å². The highest BCUT2D eigenvalue weighted by Gasteiger charge is 2.45. The van der Waals surface area contributed by atoms with E-state index < -0.39 is 0 Å². The van der Waals surface area contributed by atoms with Crippen LogP contribution in [0.3, 0.4) is 0 Å². The van der Waals surface area contributed by atoms with E-state index in [9.17, 15) is 9.18 Å². The quantitative estimate of drug-likeness (QED) is 0.632. The zero-order valence-corrected chi connectivity index (χ0v) is 19.8. The van der Waals surface area contributed by atoms with Gasteiger partial charge in [0.15, 0.2) is 0 Å². The lowest BCUT2D eigenvalue weighted by molar-refractivity contribution is -0.124. The van der Waals surface area contributed by atoms with E-state index in [1.807, 2.05) is 6.07 Å². The summed E-state index contributed by atoms with van der Waals surface area (Å²) in [6.45, 7) is 2.61. The average molecular weight is 504 g/mol. The van der Waals surface area contributed by atoms with Crippen molar-refractivity contribution in [2.75, 3.05) is 25.0 Å². The SMILES string of the molecule is NC(=O)C1CCN(C[C@H]2CC[C@@H]3[C@H](O2)c2cc(Br)cc(F)c2N[C@H]3C2C=CC=CC2)CC1. The second-order valence-corrected chi connectivity index (χ2v) is 10.5. The number of nitrogens with two attached hydrogens (primary N) is 1. The predicted molar refractivity (Wildman–Crippen MR) is 127 cm³/mol. The number of primary amides is 1. The van der Waals surface area contributed by atoms with Crippen LogP contribution in [0.4, 0.5) is 10.1 Å². The molecule has 3 aliphatic heterocycles. The summed E-state index contributed by atoms with van der Waals surface area (Å²) in [4.78, 5) is 13.9. The monoisotopic (exact) mass is 503 g/mol. The number of piperidine rings is 1. The van der Waals surface area contributed by atoms with Crippen molar-refractivity contribution in [3.8, 4) is 0 Å². The molecule has 3 N–H and O–H groups in total. The largest absolute Gasteiger partial charge is 0.379 e. The Kier molecular flexibility index (Phi) is 6.41. The van der Waals surface area contributed by atoms with Gasteiger partial charge in [-0.3, -0.25) is 4.79 Å². The lowest BCUT2D eigenvalue weighted by atomic mass is 9.73. The van der Waals surface area contributed by atoms with Gasteiger partial charge < -0.3 is 20.7 Å². The molecule has 32 heavy (non-hydrogen) atoms. The molecular formula is C25H31BrFN3O2. The summed E-state index contributed by atoms with van der Waals surface area (Å²) in [6.07, 6.45) is 13.2. The number of ether oxygens (including phenoxy) is 1. The van der Waals surface area contributed by atoms with Crippen LogP contribution in [-0.2, 0) is 9.53 Å². The minimum Gasteiger partial charge on any atom is -0.379 e. The number of allylic oxidation sites excluding steroid dienone is 3. The topological polar surface area (TPSA) is 67.6 Å². The van der Waals surface area contributed by atoms with Gasteiger partial charge in [0.2, 0.25) is 5.91 Å². The van der Waals surface area contributed by atoms with Crippen LogP contribution < -0.4 is 11.1 Å². The number of hydrogen-bond donors (Lipinski definition) is 2. The molecule has 0 radical (unpaired) electrons. The smallest absolute Gasteiger partial charge is 0.220 e. The lowest BCUT2D eigenvalue weighted by Gasteiger charge is -2.48. The molecule has 172 valence electrons. The van der Waals surface area contributed by atoms with Gasteiger partial charge in [-0.1, -0.05) is 40.2 Å². The van der Waals surface area contributed by atoms with Gasteiger partial charge in [0.25, 0.3) is 0 Å². The molecule has 2 saturated heterocycles. The number of hydrogen-bond acceptors (Lipinski definition) is 4. The Balaban J connectivity index is 1.34. The first kappa shape index (κ1) is 22.1. The van der Waals surface area contributed by atoms with E-state index in [-0.39, 0.29) is 35.9 Å². The van der Waals surface area contributed by atoms with E-state index in [1.165, 1.54) is 6.07 Å². The van der Waals surface area contributed by atoms with Crippen molar-refractivity contribution in [3.05, 3.63) is 52.3 Å². The van der Waals surface area contributed by atoms with E-state index in [0.717, 1.165) is 61.8 Å². The van der Waals surface area contributed by atoms with Crippen molar-refractivity contribution in [2.45, 2.75) is 50.4 Å². The van der Waals surface area contributed by atoms with E-state index in [2.05, 4.69) is 50.5 Å². The minimum absolute atomic E-state index is 0.00196. The summed E-state index contributed by atoms with van der Waals surface area (Å²) in [6, 6.07) is 3.69. The first-order valence-corrected chi connectivity index (χ1v) is 12.5. The second kappa shape index (κ2) is 9.27. The Bertz CT molecular complexity index is 928. The molecule has 1 amide bonds. The van der Waals surface area contributed by atoms with Crippen LogP contribution >= 0.6 is 15.9 Å². The van der Waals surface area contributed by atoms with Gasteiger partial charge in [-0.05, 0) is 57.3 Å². The number of likely N-dealkylation sites (tertiary alicyclic amines) is 1. The molecule has 5 atom stereocenters. The van der Waals surface area contributed by atoms with Gasteiger partial charge >= 0.3 is 0 Å². The summed E-state index contributed by atoms with van der Waals surface area (Å²) in [5.41, 5.74) is 6.99. The summed E-state index contributed by atoms with van der Waals surface area (Å²) >= 11 is 3.47. The number of nitrogens with one attached hydrogen (secondary N) is 1. The Morgan fingerprint density at radius 2 is 2.03 bits per heavy atom. The number of halogens is 2. The molecule has 3 heterocycles. The fourth-order valence-corrected chi connectivity index (χ4v) is 6.38. The van der Waals surface area contributed by atoms with E-state index in [4.69, 9.17) is 10.5 Å². The molecule has 0 spiro atoms. The van der Waals surface area contributed by atoms with Crippen LogP contribution in [0.5, 0.6) is 0 Å². The first-order chi connectivity index (χ1) is 15.5. The van der Waals surface area contributed by atoms with Crippen LogP contribution in [0.1, 0.15) is 43.8 Å². The average Bonchev–Trinajstić information content (AvgIpc) is 2.79. The van der Waals surface area contributed by atoms with Crippen LogP contribution in [0, 0.1) is 23.6 Å². The third-order valence-electron chi connectivity index (χ3n) is 7.64. The van der Waals surface area contributed by atoms with Crippen molar-refractivity contribution in [3.63, 3.8) is 0 Å². The first-order valence-electron chi connectivity index (χ1n) is 11.8. The van der Waals surface area contributed by atoms with Gasteiger partial charge in [-0.25, -0.2) is 4.39 Å². The second-order valence-electron chi connectivity index (χ2n) is 9.63. The molecule has 1 aromatic rings. The van der Waals surface area contributed by atoms with E-state index in [0.29, 0.717) is 17.5 Å². The number of benzene rings is 1. The number of rotatable bonds is 4. The van der Waals surface area contributed by atoms with Crippen LogP contribution in [0.15, 0.2) is 40.9 Å². The van der Waals surface area contributed by atoms with Crippen molar-refractivity contribution in [1.82, 2.24) is 4.90 Å². The van der Waals surface area contributed by atoms with Crippen molar-refractivity contribution >= 4 is 27.5 Å². The number of carbonyl (C=O) groups excluding carboxylic acids is 1. The highest BCUT2D eigenvalue weighted by atomic mass is 79.9. The van der Waals surface area contributed by atoms with Crippen molar-refractivity contribution < 1.29 is 13.9 Å². The normalized spacial score (nSPS) is 32.8. The molecule has 5 rings (SSSR count). The van der Waals surface area contributed by atoms with E-state index in [1.54, 1.807) is 0 Å². The molecule has 4 aliphatic rings. The highest BCUT2D eigenvalue weighted by Crippen LogP contribution is 2.49. The van der Waals surface area contributed by atoms with Gasteiger partial charge in [0, 0.05) is 40.4 Å². The van der Waals surface area contributed by atoms with Crippen molar-refractivity contribution in [2.24, 2.45) is 23.5 Å². The predicted octanol–water partition coefficient (Wildman–Crippen LogP) is 4.55. The molecule has 1 aromatic carbocycles. The van der Waals surface area contributed by atoms with Gasteiger partial charge in [0.1, 0.15) is 5.82 Å². The molecule has 5 nitrogen and oxygen atoms in total. The molecule has 0 aromatic heterocycles. The maximum Gasteiger partial charge on any atom is 0.220 e. The molecule has 0 saturated carbocycles. The number of fused-ring (bicyclic) bond motifs is 3.